The van der Waals surface area contributed by atoms with Crippen LogP contribution in [0.5, 0.6) is 0 Å². The zero-order chi connectivity index (χ0) is 10.4. The molecule has 1 aromatic carbocycles. The van der Waals surface area contributed by atoms with Crippen LogP contribution in [0.3, 0.4) is 0 Å². The SMILES string of the molecule is C=CCc1ccccc1C(=O)OCN. The second-order valence-corrected chi connectivity index (χ2v) is 2.75. The second kappa shape index (κ2) is 5.19. The molecule has 0 aliphatic carbocycles. The minimum atomic E-state index is -0.384. The predicted molar refractivity (Wildman–Crippen MR) is 54.8 cm³/mol. The average molecular weight is 191 g/mol. The molecule has 3 heteroatoms. The highest BCUT2D eigenvalue weighted by Crippen LogP contribution is 2.10. The Morgan fingerprint density at radius 3 is 2.86 bits per heavy atom. The van der Waals surface area contributed by atoms with Crippen LogP contribution in [-0.2, 0) is 11.2 Å². The molecule has 0 bridgehead atoms. The molecule has 0 aliphatic rings. The quantitative estimate of drug-likeness (QED) is 0.445. The first kappa shape index (κ1) is 10.5. The van der Waals surface area contributed by atoms with Crippen molar-refractivity contribution in [1.82, 2.24) is 0 Å². The lowest BCUT2D eigenvalue weighted by atomic mass is 10.1. The lowest BCUT2D eigenvalue weighted by Gasteiger charge is -2.05. The average Bonchev–Trinajstić information content (AvgIpc) is 2.19. The van der Waals surface area contributed by atoms with Gasteiger partial charge in [0.25, 0.3) is 0 Å². The van der Waals surface area contributed by atoms with Gasteiger partial charge in [-0.3, -0.25) is 5.73 Å². The van der Waals surface area contributed by atoms with Gasteiger partial charge in [0.1, 0.15) is 6.73 Å². The highest BCUT2D eigenvalue weighted by molar-refractivity contribution is 5.91. The van der Waals surface area contributed by atoms with Crippen LogP contribution < -0.4 is 5.73 Å². The summed E-state index contributed by atoms with van der Waals surface area (Å²) in [6, 6.07) is 7.25. The van der Waals surface area contributed by atoms with E-state index < -0.39 is 0 Å². The molecule has 1 aromatic rings. The van der Waals surface area contributed by atoms with Gasteiger partial charge in [-0.15, -0.1) is 6.58 Å². The van der Waals surface area contributed by atoms with Crippen molar-refractivity contribution in [2.24, 2.45) is 5.73 Å². The molecule has 0 aromatic heterocycles. The number of rotatable bonds is 4. The van der Waals surface area contributed by atoms with Crippen LogP contribution in [0.4, 0.5) is 0 Å². The van der Waals surface area contributed by atoms with Crippen molar-refractivity contribution < 1.29 is 9.53 Å². The third-order valence-corrected chi connectivity index (χ3v) is 1.82. The van der Waals surface area contributed by atoms with Crippen LogP contribution >= 0.6 is 0 Å². The second-order valence-electron chi connectivity index (χ2n) is 2.75. The summed E-state index contributed by atoms with van der Waals surface area (Å²) in [5, 5.41) is 0. The Morgan fingerprint density at radius 2 is 2.21 bits per heavy atom. The van der Waals surface area contributed by atoms with Crippen LogP contribution in [-0.4, -0.2) is 12.7 Å². The van der Waals surface area contributed by atoms with Gasteiger partial charge in [-0.25, -0.2) is 4.79 Å². The van der Waals surface area contributed by atoms with Crippen LogP contribution in [0.15, 0.2) is 36.9 Å². The number of benzene rings is 1. The fraction of sp³-hybridized carbons (Fsp3) is 0.182. The van der Waals surface area contributed by atoms with E-state index in [0.29, 0.717) is 12.0 Å². The summed E-state index contributed by atoms with van der Waals surface area (Å²) < 4.78 is 4.72. The van der Waals surface area contributed by atoms with E-state index in [9.17, 15) is 4.79 Å². The summed E-state index contributed by atoms with van der Waals surface area (Å²) in [7, 11) is 0. The van der Waals surface area contributed by atoms with Gasteiger partial charge in [-0.2, -0.15) is 0 Å². The van der Waals surface area contributed by atoms with Gasteiger partial charge in [0.05, 0.1) is 5.56 Å². The van der Waals surface area contributed by atoms with Gasteiger partial charge >= 0.3 is 5.97 Å². The maximum absolute atomic E-state index is 11.4. The summed E-state index contributed by atoms with van der Waals surface area (Å²) in [5.41, 5.74) is 6.58. The zero-order valence-electron chi connectivity index (χ0n) is 7.90. The normalized spacial score (nSPS) is 9.50. The number of esters is 1. The molecule has 0 spiro atoms. The van der Waals surface area contributed by atoms with Gasteiger partial charge < -0.3 is 4.74 Å². The van der Waals surface area contributed by atoms with E-state index in [1.165, 1.54) is 0 Å². The van der Waals surface area contributed by atoms with Crippen molar-refractivity contribution in [3.63, 3.8) is 0 Å². The number of allylic oxidation sites excluding steroid dienone is 1. The van der Waals surface area contributed by atoms with Gasteiger partial charge in [-0.1, -0.05) is 24.3 Å². The molecule has 0 aliphatic heterocycles. The maximum Gasteiger partial charge on any atom is 0.339 e. The lowest BCUT2D eigenvalue weighted by Crippen LogP contribution is -2.13. The molecule has 0 saturated carbocycles. The van der Waals surface area contributed by atoms with E-state index in [4.69, 9.17) is 10.5 Å². The standard InChI is InChI=1S/C11H13NO2/c1-2-5-9-6-3-4-7-10(9)11(13)14-8-12/h2-4,6-7H,1,5,8,12H2. The van der Waals surface area contributed by atoms with Crippen LogP contribution in [0.2, 0.25) is 0 Å². The molecule has 1 rings (SSSR count). The Bertz CT molecular complexity index is 334. The Hall–Kier alpha value is -1.61. The van der Waals surface area contributed by atoms with Crippen molar-refractivity contribution in [2.45, 2.75) is 6.42 Å². The summed E-state index contributed by atoms with van der Waals surface area (Å²) in [6.07, 6.45) is 2.39. The first-order valence-corrected chi connectivity index (χ1v) is 4.35. The Balaban J connectivity index is 2.93. The zero-order valence-corrected chi connectivity index (χ0v) is 7.90. The Morgan fingerprint density at radius 1 is 1.50 bits per heavy atom. The minimum absolute atomic E-state index is 0.0960. The fourth-order valence-corrected chi connectivity index (χ4v) is 1.21. The predicted octanol–water partition coefficient (Wildman–Crippen LogP) is 1.49. The molecule has 14 heavy (non-hydrogen) atoms. The molecular formula is C11H13NO2. The first-order valence-electron chi connectivity index (χ1n) is 4.35. The highest BCUT2D eigenvalue weighted by Gasteiger charge is 2.09. The van der Waals surface area contributed by atoms with E-state index in [2.05, 4.69) is 6.58 Å². The molecule has 0 heterocycles. The van der Waals surface area contributed by atoms with E-state index >= 15 is 0 Å². The summed E-state index contributed by atoms with van der Waals surface area (Å²) in [5.74, 6) is -0.384. The molecular weight excluding hydrogens is 178 g/mol. The number of nitrogens with two attached hydrogens (primary N) is 1. The number of ether oxygens (including phenoxy) is 1. The fourth-order valence-electron chi connectivity index (χ4n) is 1.21. The third kappa shape index (κ3) is 2.44. The summed E-state index contributed by atoms with van der Waals surface area (Å²) in [6.45, 7) is 3.53. The van der Waals surface area contributed by atoms with Gasteiger partial charge in [-0.05, 0) is 18.1 Å². The van der Waals surface area contributed by atoms with Gasteiger partial charge in [0.15, 0.2) is 0 Å². The molecule has 2 N–H and O–H groups in total. The Kier molecular flexibility index (Phi) is 3.88. The van der Waals surface area contributed by atoms with Crippen molar-refractivity contribution in [3.05, 3.63) is 48.0 Å². The monoisotopic (exact) mass is 191 g/mol. The van der Waals surface area contributed by atoms with Crippen molar-refractivity contribution in [3.8, 4) is 0 Å². The largest absolute Gasteiger partial charge is 0.446 e. The third-order valence-electron chi connectivity index (χ3n) is 1.82. The maximum atomic E-state index is 11.4. The molecule has 0 unspecified atom stereocenters. The van der Waals surface area contributed by atoms with E-state index in [1.807, 2.05) is 12.1 Å². The van der Waals surface area contributed by atoms with Gasteiger partial charge in [0.2, 0.25) is 0 Å². The molecule has 0 amide bonds. The van der Waals surface area contributed by atoms with Gasteiger partial charge in [0, 0.05) is 0 Å². The molecule has 74 valence electrons. The topological polar surface area (TPSA) is 52.3 Å². The number of carbonyl (C=O) groups excluding carboxylic acids is 1. The van der Waals surface area contributed by atoms with E-state index in [0.717, 1.165) is 5.56 Å². The molecule has 0 radical (unpaired) electrons. The molecule has 0 saturated heterocycles. The highest BCUT2D eigenvalue weighted by atomic mass is 16.5. The summed E-state index contributed by atoms with van der Waals surface area (Å²) >= 11 is 0. The molecule has 3 nitrogen and oxygen atoms in total. The van der Waals surface area contributed by atoms with Crippen molar-refractivity contribution in [2.75, 3.05) is 6.73 Å². The van der Waals surface area contributed by atoms with E-state index in [1.54, 1.807) is 18.2 Å². The summed E-state index contributed by atoms with van der Waals surface area (Å²) in [4.78, 5) is 11.4. The first-order chi connectivity index (χ1) is 6.79. The van der Waals surface area contributed by atoms with Crippen molar-refractivity contribution >= 4 is 5.97 Å². The minimum Gasteiger partial charge on any atom is -0.446 e. The molecule has 0 fully saturated rings. The number of carbonyl (C=O) groups is 1. The smallest absolute Gasteiger partial charge is 0.339 e. The molecule has 0 atom stereocenters. The van der Waals surface area contributed by atoms with Crippen LogP contribution in [0.1, 0.15) is 15.9 Å². The van der Waals surface area contributed by atoms with E-state index in [-0.39, 0.29) is 12.7 Å². The number of hydrogen-bond donors (Lipinski definition) is 1. The van der Waals surface area contributed by atoms with Crippen LogP contribution in [0.25, 0.3) is 0 Å². The Labute approximate surface area is 83.2 Å². The van der Waals surface area contributed by atoms with Crippen LogP contribution in [0, 0.1) is 0 Å². The van der Waals surface area contributed by atoms with Crippen molar-refractivity contribution in [1.29, 1.82) is 0 Å². The number of hydrogen-bond acceptors (Lipinski definition) is 3. The lowest BCUT2D eigenvalue weighted by molar-refractivity contribution is 0.0514.